The number of para-hydroxylation sites is 1. The summed E-state index contributed by atoms with van der Waals surface area (Å²) in [4.78, 5) is 16.9. The van der Waals surface area contributed by atoms with Crippen LogP contribution in [0.15, 0.2) is 36.5 Å². The van der Waals surface area contributed by atoms with Crippen LogP contribution in [0.3, 0.4) is 0 Å². The second-order valence-corrected chi connectivity index (χ2v) is 8.38. The fraction of sp³-hybridized carbons (Fsp3) is 0.500. The van der Waals surface area contributed by atoms with Crippen molar-refractivity contribution in [2.75, 3.05) is 11.5 Å². The number of aromatic nitrogens is 1. The van der Waals surface area contributed by atoms with Gasteiger partial charge in [0.1, 0.15) is 0 Å². The van der Waals surface area contributed by atoms with Crippen LogP contribution in [-0.2, 0) is 4.79 Å². The summed E-state index contributed by atoms with van der Waals surface area (Å²) >= 11 is 1.73. The molecule has 1 unspecified atom stereocenters. The molecule has 0 aliphatic heterocycles. The lowest BCUT2D eigenvalue weighted by molar-refractivity contribution is -0.120. The van der Waals surface area contributed by atoms with Gasteiger partial charge in [-0.2, -0.15) is 11.8 Å². The average molecular weight is 356 g/mol. The molecule has 2 aliphatic rings. The number of amides is 1. The summed E-state index contributed by atoms with van der Waals surface area (Å²) in [5.41, 5.74) is 2.00. The predicted molar refractivity (Wildman–Crippen MR) is 101 cm³/mol. The number of hydrogen-bond donors (Lipinski definition) is 2. The first-order chi connectivity index (χ1) is 12.2. The molecule has 1 heterocycles. The summed E-state index contributed by atoms with van der Waals surface area (Å²) < 4.78 is 0. The van der Waals surface area contributed by atoms with Gasteiger partial charge in [-0.05, 0) is 61.0 Å². The van der Waals surface area contributed by atoms with Gasteiger partial charge in [-0.3, -0.25) is 9.78 Å². The highest BCUT2D eigenvalue weighted by atomic mass is 32.2. The number of carbonyl (C=O) groups excluding carboxylic acids is 1. The monoisotopic (exact) mass is 356 g/mol. The Morgan fingerprint density at radius 3 is 2.88 bits per heavy atom. The number of nitrogens with zero attached hydrogens (tertiary/aromatic N) is 1. The number of benzene rings is 1. The van der Waals surface area contributed by atoms with E-state index in [1.807, 2.05) is 30.5 Å². The molecule has 1 aromatic heterocycles. The molecule has 25 heavy (non-hydrogen) atoms. The van der Waals surface area contributed by atoms with Crippen molar-refractivity contribution in [1.82, 2.24) is 10.3 Å². The summed E-state index contributed by atoms with van der Waals surface area (Å²) in [6.07, 6.45) is 5.76. The predicted octanol–water partition coefficient (Wildman–Crippen LogP) is 3.31. The number of pyridine rings is 1. The number of aliphatic hydroxyl groups excluding tert-OH is 1. The first kappa shape index (κ1) is 16.9. The van der Waals surface area contributed by atoms with Gasteiger partial charge in [0.05, 0.1) is 23.4 Å². The Morgan fingerprint density at radius 1 is 1.32 bits per heavy atom. The van der Waals surface area contributed by atoms with Gasteiger partial charge < -0.3 is 10.4 Å². The van der Waals surface area contributed by atoms with Crippen LogP contribution in [0.4, 0.5) is 0 Å². The molecule has 1 atom stereocenters. The van der Waals surface area contributed by atoms with Crippen molar-refractivity contribution in [3.05, 3.63) is 42.1 Å². The number of rotatable bonds is 7. The zero-order valence-electron chi connectivity index (χ0n) is 14.2. The molecule has 2 N–H and O–H groups in total. The number of hydrogen-bond acceptors (Lipinski definition) is 4. The molecule has 0 spiro atoms. The Hall–Kier alpha value is -1.59. The minimum absolute atomic E-state index is 0.0606. The van der Waals surface area contributed by atoms with Crippen molar-refractivity contribution in [3.8, 4) is 0 Å². The van der Waals surface area contributed by atoms with E-state index in [0.717, 1.165) is 41.0 Å². The Labute approximate surface area is 152 Å². The van der Waals surface area contributed by atoms with E-state index < -0.39 is 0 Å². The number of aliphatic hydroxyl groups is 1. The zero-order chi connectivity index (χ0) is 17.2. The fourth-order valence-electron chi connectivity index (χ4n) is 3.45. The third-order valence-corrected chi connectivity index (χ3v) is 6.37. The molecule has 0 radical (unpaired) electrons. The van der Waals surface area contributed by atoms with Crippen LogP contribution >= 0.6 is 11.8 Å². The SMILES string of the molecule is O=C(CSCC1CC1)NC(c1cnc2ccccc2c1)C1CC(O)C1. The summed E-state index contributed by atoms with van der Waals surface area (Å²) in [5.74, 6) is 2.82. The topological polar surface area (TPSA) is 62.2 Å². The van der Waals surface area contributed by atoms with Crippen LogP contribution in [0.1, 0.15) is 37.3 Å². The van der Waals surface area contributed by atoms with Gasteiger partial charge in [-0.1, -0.05) is 18.2 Å². The Kier molecular flexibility index (Phi) is 4.95. The summed E-state index contributed by atoms with van der Waals surface area (Å²) in [7, 11) is 0. The van der Waals surface area contributed by atoms with Gasteiger partial charge >= 0.3 is 0 Å². The maximum atomic E-state index is 12.4. The van der Waals surface area contributed by atoms with Crippen molar-refractivity contribution >= 4 is 28.6 Å². The minimum Gasteiger partial charge on any atom is -0.393 e. The van der Waals surface area contributed by atoms with E-state index in [9.17, 15) is 9.90 Å². The van der Waals surface area contributed by atoms with Gasteiger partial charge in [-0.15, -0.1) is 0 Å². The van der Waals surface area contributed by atoms with E-state index in [2.05, 4.69) is 16.4 Å². The number of fused-ring (bicyclic) bond motifs is 1. The van der Waals surface area contributed by atoms with Crippen LogP contribution < -0.4 is 5.32 Å². The van der Waals surface area contributed by atoms with E-state index in [4.69, 9.17) is 0 Å². The smallest absolute Gasteiger partial charge is 0.230 e. The lowest BCUT2D eigenvalue weighted by Gasteiger charge is -2.38. The quantitative estimate of drug-likeness (QED) is 0.799. The zero-order valence-corrected chi connectivity index (χ0v) is 15.0. The second kappa shape index (κ2) is 7.34. The molecule has 2 aliphatic carbocycles. The van der Waals surface area contributed by atoms with Gasteiger partial charge in [-0.25, -0.2) is 0 Å². The minimum atomic E-state index is -0.234. The van der Waals surface area contributed by atoms with Crippen LogP contribution in [0.25, 0.3) is 10.9 Å². The lowest BCUT2D eigenvalue weighted by Crippen LogP contribution is -2.42. The van der Waals surface area contributed by atoms with Crippen LogP contribution in [-0.4, -0.2) is 33.6 Å². The van der Waals surface area contributed by atoms with Crippen LogP contribution in [0, 0.1) is 11.8 Å². The maximum absolute atomic E-state index is 12.4. The van der Waals surface area contributed by atoms with E-state index >= 15 is 0 Å². The van der Waals surface area contributed by atoms with Gasteiger partial charge in [0.25, 0.3) is 0 Å². The Bertz CT molecular complexity index is 756. The number of nitrogens with one attached hydrogen (secondary N) is 1. The first-order valence-electron chi connectivity index (χ1n) is 9.09. The molecular formula is C20H24N2O2S. The fourth-order valence-corrected chi connectivity index (χ4v) is 4.50. The molecule has 1 aromatic carbocycles. The van der Waals surface area contributed by atoms with Crippen molar-refractivity contribution in [3.63, 3.8) is 0 Å². The molecular weight excluding hydrogens is 332 g/mol. The highest BCUT2D eigenvalue weighted by Gasteiger charge is 2.36. The second-order valence-electron chi connectivity index (χ2n) is 7.35. The van der Waals surface area contributed by atoms with Gasteiger partial charge in [0, 0.05) is 11.6 Å². The molecule has 0 saturated heterocycles. The first-order valence-corrected chi connectivity index (χ1v) is 10.2. The maximum Gasteiger partial charge on any atom is 0.230 e. The van der Waals surface area contributed by atoms with Crippen molar-refractivity contribution < 1.29 is 9.90 Å². The van der Waals surface area contributed by atoms with Crippen molar-refractivity contribution in [2.24, 2.45) is 11.8 Å². The normalized spacial score (nSPS) is 23.9. The molecule has 4 rings (SSSR count). The van der Waals surface area contributed by atoms with E-state index in [1.165, 1.54) is 12.8 Å². The van der Waals surface area contributed by atoms with Gasteiger partial charge in [0.15, 0.2) is 0 Å². The molecule has 132 valence electrons. The van der Waals surface area contributed by atoms with E-state index in [1.54, 1.807) is 11.8 Å². The molecule has 5 heteroatoms. The van der Waals surface area contributed by atoms with Crippen LogP contribution in [0.5, 0.6) is 0 Å². The number of carbonyl (C=O) groups is 1. The third-order valence-electron chi connectivity index (χ3n) is 5.19. The Balaban J connectivity index is 1.47. The molecule has 4 nitrogen and oxygen atoms in total. The molecule has 2 aromatic rings. The largest absolute Gasteiger partial charge is 0.393 e. The number of thioether (sulfide) groups is 1. The van der Waals surface area contributed by atoms with E-state index in [0.29, 0.717) is 5.75 Å². The standard InChI is InChI=1S/C20H24N2O2S/c23-17-8-15(9-17)20(22-19(24)12-25-11-13-5-6-13)16-7-14-3-1-2-4-18(14)21-10-16/h1-4,7,10,13,15,17,20,23H,5-6,8-9,11-12H2,(H,22,24). The molecule has 1 amide bonds. The van der Waals surface area contributed by atoms with E-state index in [-0.39, 0.29) is 24.0 Å². The lowest BCUT2D eigenvalue weighted by atomic mass is 9.75. The molecule has 2 saturated carbocycles. The van der Waals surface area contributed by atoms with Crippen LogP contribution in [0.2, 0.25) is 0 Å². The Morgan fingerprint density at radius 2 is 2.12 bits per heavy atom. The van der Waals surface area contributed by atoms with Crippen molar-refractivity contribution in [1.29, 1.82) is 0 Å². The van der Waals surface area contributed by atoms with Crippen molar-refractivity contribution in [2.45, 2.75) is 37.8 Å². The van der Waals surface area contributed by atoms with Gasteiger partial charge in [0.2, 0.25) is 5.91 Å². The highest BCUT2D eigenvalue weighted by Crippen LogP contribution is 2.38. The average Bonchev–Trinajstić information content (AvgIpc) is 3.41. The summed E-state index contributed by atoms with van der Waals surface area (Å²) in [6.45, 7) is 0. The summed E-state index contributed by atoms with van der Waals surface area (Å²) in [5, 5.41) is 14.0. The molecule has 2 fully saturated rings. The summed E-state index contributed by atoms with van der Waals surface area (Å²) in [6, 6.07) is 10.1. The molecule has 0 bridgehead atoms. The highest BCUT2D eigenvalue weighted by molar-refractivity contribution is 7.99. The third kappa shape index (κ3) is 4.15.